The van der Waals surface area contributed by atoms with Gasteiger partial charge in [0.15, 0.2) is 6.29 Å². The van der Waals surface area contributed by atoms with Crippen molar-refractivity contribution in [1.29, 1.82) is 0 Å². The van der Waals surface area contributed by atoms with E-state index in [1.165, 1.54) is 225 Å². The quantitative estimate of drug-likeness (QED) is 0.0258. The number of aliphatic hydroxyl groups excluding tert-OH is 3. The van der Waals surface area contributed by atoms with Gasteiger partial charge in [0.2, 0.25) is 0 Å². The van der Waals surface area contributed by atoms with Crippen LogP contribution in [0.5, 0.6) is 0 Å². The van der Waals surface area contributed by atoms with Crippen molar-refractivity contribution in [3.63, 3.8) is 0 Å². The molecule has 0 radical (unpaired) electrons. The summed E-state index contributed by atoms with van der Waals surface area (Å²) in [6, 6.07) is 0. The fourth-order valence-electron chi connectivity index (χ4n) is 9.56. The van der Waals surface area contributed by atoms with Gasteiger partial charge in [-0.05, 0) is 12.8 Å². The Kier molecular flexibility index (Phi) is 46.1. The van der Waals surface area contributed by atoms with E-state index in [9.17, 15) is 33.1 Å². The smallest absolute Gasteiger partial charge is 0.397 e. The standard InChI is InChI=1S/C56H110O12S/c1-3-5-7-9-11-13-15-17-19-21-23-24-25-26-27-28-30-32-34-36-38-40-42-44-46-64-48-50(49-65-56-54(60)55(68-69(61,62)63)53(59)51(47-57)67-56)66-52(58)45-43-41-39-37-35-33-31-29-22-20-18-16-14-12-10-8-6-4-2/h50-51,53-57,59-60H,3-49H2,1-2H3,(H,61,62,63). The molecule has 4 N–H and O–H groups in total. The summed E-state index contributed by atoms with van der Waals surface area (Å²) >= 11 is 0. The van der Waals surface area contributed by atoms with E-state index >= 15 is 0 Å². The molecular formula is C56H110O12S. The molecule has 1 aliphatic rings. The van der Waals surface area contributed by atoms with E-state index in [0.29, 0.717) is 13.0 Å². The van der Waals surface area contributed by atoms with Crippen molar-refractivity contribution in [3.8, 4) is 0 Å². The summed E-state index contributed by atoms with van der Waals surface area (Å²) in [6.45, 7) is 4.08. The lowest BCUT2D eigenvalue weighted by Crippen LogP contribution is -2.60. The number of rotatable bonds is 53. The van der Waals surface area contributed by atoms with Crippen LogP contribution in [0.25, 0.3) is 0 Å². The zero-order valence-corrected chi connectivity index (χ0v) is 45.5. The summed E-state index contributed by atoms with van der Waals surface area (Å²) < 4.78 is 59.4. The molecule has 69 heavy (non-hydrogen) atoms. The van der Waals surface area contributed by atoms with Crippen LogP contribution in [0.4, 0.5) is 0 Å². The highest BCUT2D eigenvalue weighted by molar-refractivity contribution is 7.80. The fourth-order valence-corrected chi connectivity index (χ4v) is 10.1. The Morgan fingerprint density at radius 1 is 0.493 bits per heavy atom. The van der Waals surface area contributed by atoms with Crippen LogP contribution in [-0.4, -0.2) is 97.5 Å². The van der Waals surface area contributed by atoms with Gasteiger partial charge in [0.05, 0.1) is 19.8 Å². The van der Waals surface area contributed by atoms with Crippen molar-refractivity contribution in [1.82, 2.24) is 0 Å². The van der Waals surface area contributed by atoms with E-state index in [1.54, 1.807) is 0 Å². The molecule has 0 aromatic rings. The Hall–Kier alpha value is -0.900. The highest BCUT2D eigenvalue weighted by Crippen LogP contribution is 2.26. The topological polar surface area (TPSA) is 178 Å². The van der Waals surface area contributed by atoms with Gasteiger partial charge in [-0.3, -0.25) is 9.35 Å². The minimum atomic E-state index is -5.06. The number of carbonyl (C=O) groups excluding carboxylic acids is 1. The summed E-state index contributed by atoms with van der Waals surface area (Å²) in [6.07, 6.45) is 45.7. The number of carbonyl (C=O) groups is 1. The Balaban J connectivity index is 2.26. The maximum Gasteiger partial charge on any atom is 0.397 e. The first kappa shape index (κ1) is 66.1. The van der Waals surface area contributed by atoms with Crippen molar-refractivity contribution >= 4 is 16.4 Å². The molecule has 12 nitrogen and oxygen atoms in total. The Labute approximate surface area is 424 Å². The van der Waals surface area contributed by atoms with Crippen LogP contribution < -0.4 is 0 Å². The minimum Gasteiger partial charge on any atom is -0.457 e. The third-order valence-corrected chi connectivity index (χ3v) is 14.4. The molecule has 0 aromatic carbocycles. The van der Waals surface area contributed by atoms with Crippen molar-refractivity contribution in [2.75, 3.05) is 26.4 Å². The summed E-state index contributed by atoms with van der Waals surface area (Å²) in [5.41, 5.74) is 0. The molecule has 1 rings (SSSR count). The molecule has 1 fully saturated rings. The number of unbranched alkanes of at least 4 members (excludes halogenated alkanes) is 40. The Bertz CT molecular complexity index is 1210. The second-order valence-electron chi connectivity index (χ2n) is 20.6. The lowest BCUT2D eigenvalue weighted by Gasteiger charge is -2.41. The van der Waals surface area contributed by atoms with Crippen molar-refractivity contribution in [2.24, 2.45) is 0 Å². The Morgan fingerprint density at radius 3 is 1.16 bits per heavy atom. The molecule has 0 aliphatic carbocycles. The van der Waals surface area contributed by atoms with E-state index in [4.69, 9.17) is 18.9 Å². The molecule has 412 valence electrons. The SMILES string of the molecule is CCCCCCCCCCCCCCCCCCCCCCCCCCOCC(COC1OC(CO)C(O)C(OS(=O)(=O)O)C1O)OC(=O)CCCCCCCCCCCCCCCCCCCC. The van der Waals surface area contributed by atoms with Crippen molar-refractivity contribution in [3.05, 3.63) is 0 Å². The average molecular weight is 1010 g/mol. The molecule has 1 aliphatic heterocycles. The highest BCUT2D eigenvalue weighted by Gasteiger charge is 2.48. The summed E-state index contributed by atoms with van der Waals surface area (Å²) in [5, 5.41) is 30.8. The number of aliphatic hydroxyl groups is 3. The van der Waals surface area contributed by atoms with E-state index in [1.807, 2.05) is 0 Å². The average Bonchev–Trinajstić information content (AvgIpc) is 3.32. The van der Waals surface area contributed by atoms with Crippen LogP contribution in [-0.2, 0) is 38.3 Å². The first-order valence-electron chi connectivity index (χ1n) is 29.3. The number of ether oxygens (including phenoxy) is 4. The molecule has 0 bridgehead atoms. The Morgan fingerprint density at radius 2 is 0.826 bits per heavy atom. The highest BCUT2D eigenvalue weighted by atomic mass is 32.3. The fraction of sp³-hybridized carbons (Fsp3) is 0.982. The minimum absolute atomic E-state index is 0.0457. The predicted molar refractivity (Wildman–Crippen MR) is 281 cm³/mol. The van der Waals surface area contributed by atoms with Gasteiger partial charge in [0.1, 0.15) is 30.5 Å². The van der Waals surface area contributed by atoms with Gasteiger partial charge in [0.25, 0.3) is 0 Å². The number of hydrogen-bond acceptors (Lipinski definition) is 11. The monoisotopic (exact) mass is 1010 g/mol. The van der Waals surface area contributed by atoms with Gasteiger partial charge in [-0.25, -0.2) is 4.18 Å². The van der Waals surface area contributed by atoms with E-state index in [2.05, 4.69) is 18.0 Å². The van der Waals surface area contributed by atoms with Gasteiger partial charge in [0, 0.05) is 13.0 Å². The number of esters is 1. The second kappa shape index (κ2) is 48.1. The molecule has 1 heterocycles. The zero-order chi connectivity index (χ0) is 50.3. The van der Waals surface area contributed by atoms with Gasteiger partial charge in [-0.2, -0.15) is 8.42 Å². The van der Waals surface area contributed by atoms with Gasteiger partial charge < -0.3 is 34.3 Å². The maximum absolute atomic E-state index is 12.9. The van der Waals surface area contributed by atoms with Crippen molar-refractivity contribution < 1.29 is 56.2 Å². The van der Waals surface area contributed by atoms with E-state index in [0.717, 1.165) is 38.5 Å². The third kappa shape index (κ3) is 41.2. The van der Waals surface area contributed by atoms with Gasteiger partial charge in [-0.15, -0.1) is 0 Å². The number of hydrogen-bond donors (Lipinski definition) is 4. The van der Waals surface area contributed by atoms with Crippen LogP contribution >= 0.6 is 0 Å². The van der Waals surface area contributed by atoms with Crippen LogP contribution in [0.15, 0.2) is 0 Å². The first-order valence-corrected chi connectivity index (χ1v) is 30.7. The molecule has 0 saturated carbocycles. The molecule has 13 heteroatoms. The normalized spacial score (nSPS) is 19.1. The maximum atomic E-state index is 12.9. The predicted octanol–water partition coefficient (Wildman–Crippen LogP) is 14.4. The lowest BCUT2D eigenvalue weighted by atomic mass is 9.99. The summed E-state index contributed by atoms with van der Waals surface area (Å²) in [4.78, 5) is 12.9. The molecule has 6 unspecified atom stereocenters. The molecule has 0 amide bonds. The first-order chi connectivity index (χ1) is 33.6. The summed E-state index contributed by atoms with van der Waals surface area (Å²) in [5.74, 6) is -0.389. The van der Waals surface area contributed by atoms with Gasteiger partial charge in [-0.1, -0.05) is 271 Å². The molecule has 0 aromatic heterocycles. The second-order valence-corrected chi connectivity index (χ2v) is 21.7. The van der Waals surface area contributed by atoms with E-state index in [-0.39, 0.29) is 25.6 Å². The van der Waals surface area contributed by atoms with Crippen LogP contribution in [0.2, 0.25) is 0 Å². The molecule has 1 saturated heterocycles. The van der Waals surface area contributed by atoms with E-state index < -0.39 is 53.8 Å². The molecular weight excluding hydrogens is 897 g/mol. The third-order valence-electron chi connectivity index (χ3n) is 14.0. The van der Waals surface area contributed by atoms with Crippen LogP contribution in [0, 0.1) is 0 Å². The molecule has 0 spiro atoms. The van der Waals surface area contributed by atoms with Crippen LogP contribution in [0.1, 0.15) is 290 Å². The summed E-state index contributed by atoms with van der Waals surface area (Å²) in [7, 11) is -5.06. The lowest BCUT2D eigenvalue weighted by molar-refractivity contribution is -0.301. The van der Waals surface area contributed by atoms with Gasteiger partial charge >= 0.3 is 16.4 Å². The largest absolute Gasteiger partial charge is 0.457 e. The van der Waals surface area contributed by atoms with Crippen molar-refractivity contribution in [2.45, 2.75) is 327 Å². The van der Waals surface area contributed by atoms with Crippen LogP contribution in [0.3, 0.4) is 0 Å². The zero-order valence-electron chi connectivity index (χ0n) is 44.7. The molecule has 6 atom stereocenters.